The fourth-order valence-corrected chi connectivity index (χ4v) is 1.28. The minimum absolute atomic E-state index is 0.156. The Balaban J connectivity index is 2.82. The highest BCUT2D eigenvalue weighted by Gasteiger charge is 2.08. The molecular formula is C9H9ClFNO3S. The van der Waals surface area contributed by atoms with Gasteiger partial charge in [0.1, 0.15) is 5.82 Å². The van der Waals surface area contributed by atoms with Gasteiger partial charge in [-0.3, -0.25) is 4.28 Å². The Morgan fingerprint density at radius 2 is 2.00 bits per heavy atom. The van der Waals surface area contributed by atoms with Crippen LogP contribution in [-0.2, 0) is 14.4 Å². The summed E-state index contributed by atoms with van der Waals surface area (Å²) in [6.07, 6.45) is 0. The number of benzene rings is 1. The second-order valence-corrected chi connectivity index (χ2v) is 5.01. The molecule has 0 heterocycles. The van der Waals surface area contributed by atoms with E-state index in [9.17, 15) is 12.8 Å². The van der Waals surface area contributed by atoms with Gasteiger partial charge in [0.25, 0.3) is 0 Å². The molecule has 0 aromatic heterocycles. The van der Waals surface area contributed by atoms with Gasteiger partial charge in [-0.1, -0.05) is 16.8 Å². The normalized spacial score (nSPS) is 12.6. The number of hydrogen-bond acceptors (Lipinski definition) is 4. The van der Waals surface area contributed by atoms with Crippen LogP contribution < -0.4 is 0 Å². The first-order chi connectivity index (χ1) is 7.44. The van der Waals surface area contributed by atoms with Crippen molar-refractivity contribution >= 4 is 26.9 Å². The van der Waals surface area contributed by atoms with E-state index in [1.807, 2.05) is 0 Å². The van der Waals surface area contributed by atoms with Gasteiger partial charge < -0.3 is 0 Å². The molecule has 0 unspecified atom stereocenters. The highest BCUT2D eigenvalue weighted by atomic mass is 35.5. The van der Waals surface area contributed by atoms with Gasteiger partial charge in [-0.2, -0.15) is 8.42 Å². The van der Waals surface area contributed by atoms with E-state index in [1.165, 1.54) is 31.2 Å². The van der Waals surface area contributed by atoms with Crippen LogP contribution in [0.1, 0.15) is 12.5 Å². The minimum atomic E-state index is -3.68. The topological polar surface area (TPSA) is 55.7 Å². The minimum Gasteiger partial charge on any atom is -0.267 e. The molecular weight excluding hydrogens is 257 g/mol. The standard InChI is InChI=1S/C9H9ClFNO3S/c1-2-16(13,14)15-12-9(10)7-3-5-8(11)6-4-7/h3-6H,2H2,1H3/b12-9-. The molecule has 0 spiro atoms. The lowest BCUT2D eigenvalue weighted by Crippen LogP contribution is -2.05. The average molecular weight is 266 g/mol. The van der Waals surface area contributed by atoms with E-state index in [0.29, 0.717) is 5.56 Å². The predicted molar refractivity (Wildman–Crippen MR) is 59.3 cm³/mol. The Morgan fingerprint density at radius 3 is 2.50 bits per heavy atom. The number of oxime groups is 1. The first-order valence-corrected chi connectivity index (χ1v) is 6.31. The van der Waals surface area contributed by atoms with Crippen molar-refractivity contribution in [1.82, 2.24) is 0 Å². The zero-order valence-corrected chi connectivity index (χ0v) is 9.93. The first-order valence-electron chi connectivity index (χ1n) is 4.35. The van der Waals surface area contributed by atoms with Gasteiger partial charge in [0, 0.05) is 5.56 Å². The molecule has 0 saturated heterocycles. The number of hydrogen-bond donors (Lipinski definition) is 0. The average Bonchev–Trinajstić information content (AvgIpc) is 2.27. The van der Waals surface area contributed by atoms with Crippen LogP contribution in [0.15, 0.2) is 29.4 Å². The maximum absolute atomic E-state index is 12.6. The third-order valence-electron chi connectivity index (χ3n) is 1.67. The van der Waals surface area contributed by atoms with Gasteiger partial charge in [-0.05, 0) is 31.2 Å². The lowest BCUT2D eigenvalue weighted by Gasteiger charge is -1.99. The van der Waals surface area contributed by atoms with Crippen LogP contribution in [0, 0.1) is 5.82 Å². The van der Waals surface area contributed by atoms with Crippen LogP contribution in [0.25, 0.3) is 0 Å². The van der Waals surface area contributed by atoms with Gasteiger partial charge in [-0.15, -0.1) is 0 Å². The molecule has 0 radical (unpaired) electrons. The Hall–Kier alpha value is -1.14. The molecule has 88 valence electrons. The van der Waals surface area contributed by atoms with E-state index in [2.05, 4.69) is 9.44 Å². The smallest absolute Gasteiger partial charge is 0.267 e. The molecule has 0 N–H and O–H groups in total. The second-order valence-electron chi connectivity index (χ2n) is 2.81. The molecule has 0 saturated carbocycles. The molecule has 1 aromatic carbocycles. The summed E-state index contributed by atoms with van der Waals surface area (Å²) < 4.78 is 38.7. The Bertz CT molecular complexity index is 484. The molecule has 1 aromatic rings. The van der Waals surface area contributed by atoms with E-state index < -0.39 is 15.9 Å². The zero-order chi connectivity index (χ0) is 12.2. The number of rotatable bonds is 4. The van der Waals surface area contributed by atoms with Crippen LogP contribution >= 0.6 is 11.6 Å². The van der Waals surface area contributed by atoms with Crippen molar-refractivity contribution in [3.8, 4) is 0 Å². The van der Waals surface area contributed by atoms with E-state index in [0.717, 1.165) is 0 Å². The van der Waals surface area contributed by atoms with Gasteiger partial charge in [-0.25, -0.2) is 4.39 Å². The van der Waals surface area contributed by atoms with Gasteiger partial charge in [0.05, 0.1) is 5.75 Å². The quantitative estimate of drug-likeness (QED) is 0.619. The summed E-state index contributed by atoms with van der Waals surface area (Å²) in [5.41, 5.74) is 0.370. The predicted octanol–water partition coefficient (Wildman–Crippen LogP) is 2.09. The highest BCUT2D eigenvalue weighted by molar-refractivity contribution is 7.86. The summed E-state index contributed by atoms with van der Waals surface area (Å²) in [4.78, 5) is 0. The fourth-order valence-electron chi connectivity index (χ4n) is 0.782. The summed E-state index contributed by atoms with van der Waals surface area (Å²) in [6, 6.07) is 5.09. The molecule has 0 atom stereocenters. The van der Waals surface area contributed by atoms with Crippen molar-refractivity contribution in [2.75, 3.05) is 5.75 Å². The molecule has 4 nitrogen and oxygen atoms in total. The summed E-state index contributed by atoms with van der Waals surface area (Å²) in [6.45, 7) is 1.41. The van der Waals surface area contributed by atoms with Crippen molar-refractivity contribution in [3.05, 3.63) is 35.6 Å². The van der Waals surface area contributed by atoms with Gasteiger partial charge in [0.2, 0.25) is 0 Å². The lowest BCUT2D eigenvalue weighted by atomic mass is 10.2. The van der Waals surface area contributed by atoms with Crippen LogP contribution in [-0.4, -0.2) is 19.3 Å². The second kappa shape index (κ2) is 5.27. The monoisotopic (exact) mass is 265 g/mol. The maximum Gasteiger partial charge on any atom is 0.328 e. The molecule has 0 amide bonds. The molecule has 1 rings (SSSR count). The fraction of sp³-hybridized carbons (Fsp3) is 0.222. The number of nitrogens with zero attached hydrogens (tertiary/aromatic N) is 1. The van der Waals surface area contributed by atoms with E-state index >= 15 is 0 Å². The van der Waals surface area contributed by atoms with Crippen LogP contribution in [0.3, 0.4) is 0 Å². The molecule has 16 heavy (non-hydrogen) atoms. The summed E-state index contributed by atoms with van der Waals surface area (Å²) >= 11 is 5.66. The summed E-state index contributed by atoms with van der Waals surface area (Å²) in [7, 11) is -3.68. The molecule has 0 fully saturated rings. The first kappa shape index (κ1) is 12.9. The Morgan fingerprint density at radius 1 is 1.44 bits per heavy atom. The van der Waals surface area contributed by atoms with Crippen molar-refractivity contribution in [2.24, 2.45) is 5.16 Å². The third-order valence-corrected chi connectivity index (χ3v) is 2.96. The van der Waals surface area contributed by atoms with Crippen molar-refractivity contribution in [3.63, 3.8) is 0 Å². The molecule has 0 bridgehead atoms. The molecule has 0 aliphatic carbocycles. The van der Waals surface area contributed by atoms with Gasteiger partial charge in [0.15, 0.2) is 5.17 Å². The van der Waals surface area contributed by atoms with E-state index in [-0.39, 0.29) is 10.9 Å². The highest BCUT2D eigenvalue weighted by Crippen LogP contribution is 2.08. The van der Waals surface area contributed by atoms with Crippen LogP contribution in [0.2, 0.25) is 0 Å². The summed E-state index contributed by atoms with van der Waals surface area (Å²) in [5.74, 6) is -0.625. The van der Waals surface area contributed by atoms with Crippen LogP contribution in [0.5, 0.6) is 0 Å². The molecule has 0 aliphatic rings. The zero-order valence-electron chi connectivity index (χ0n) is 8.35. The lowest BCUT2D eigenvalue weighted by molar-refractivity contribution is 0.341. The third kappa shape index (κ3) is 3.79. The molecule has 0 aliphatic heterocycles. The maximum atomic E-state index is 12.6. The SMILES string of the molecule is CCS(=O)(=O)O/N=C(\Cl)c1ccc(F)cc1. The Kier molecular flexibility index (Phi) is 4.26. The van der Waals surface area contributed by atoms with E-state index in [1.54, 1.807) is 0 Å². The molecule has 7 heteroatoms. The number of halogens is 2. The van der Waals surface area contributed by atoms with Gasteiger partial charge >= 0.3 is 10.1 Å². The van der Waals surface area contributed by atoms with Crippen LogP contribution in [0.4, 0.5) is 4.39 Å². The van der Waals surface area contributed by atoms with Crippen molar-refractivity contribution in [2.45, 2.75) is 6.92 Å². The Labute approximate surface area is 97.8 Å². The van der Waals surface area contributed by atoms with Crippen molar-refractivity contribution < 1.29 is 17.1 Å². The van der Waals surface area contributed by atoms with Crippen molar-refractivity contribution in [1.29, 1.82) is 0 Å². The summed E-state index contributed by atoms with van der Waals surface area (Å²) in [5, 5.41) is 3.08. The largest absolute Gasteiger partial charge is 0.328 e. The van der Waals surface area contributed by atoms with E-state index in [4.69, 9.17) is 11.6 Å².